The van der Waals surface area contributed by atoms with Crippen molar-refractivity contribution < 1.29 is 4.43 Å². The maximum atomic E-state index is 5.75. The molecule has 0 radical (unpaired) electrons. The van der Waals surface area contributed by atoms with Crippen LogP contribution in [0.15, 0.2) is 0 Å². The molecule has 1 aliphatic heterocycles. The quantitative estimate of drug-likeness (QED) is 0.460. The Morgan fingerprint density at radius 3 is 3.18 bits per heavy atom. The minimum atomic E-state index is -0.707. The summed E-state index contributed by atoms with van der Waals surface area (Å²) in [5.41, 5.74) is 0. The maximum absolute atomic E-state index is 5.75. The molecule has 1 fully saturated rings. The average Bonchev–Trinajstić information content (AvgIpc) is 2.07. The standard InChI is InChI=1S/C6H19NOSi3/c1-2-3-4-7-11-8-5-6-9-10-11/h7,11H,2-6,9-10H2,1H3. The summed E-state index contributed by atoms with van der Waals surface area (Å²) in [5, 5.41) is 0. The number of nitrogens with one attached hydrogen (secondary N) is 1. The van der Waals surface area contributed by atoms with Crippen LogP contribution in [0.25, 0.3) is 0 Å². The highest BCUT2D eigenvalue weighted by atomic mass is 29.6. The SMILES string of the molecule is CCCCN[SiH]1OCC[SiH2][SiH2]1. The first-order chi connectivity index (χ1) is 5.43. The predicted molar refractivity (Wildman–Crippen MR) is 57.9 cm³/mol. The van der Waals surface area contributed by atoms with Crippen LogP contribution in [0.1, 0.15) is 19.8 Å². The van der Waals surface area contributed by atoms with Crippen molar-refractivity contribution in [1.82, 2.24) is 4.98 Å². The zero-order valence-electron chi connectivity index (χ0n) is 7.44. The van der Waals surface area contributed by atoms with Gasteiger partial charge in [-0.3, -0.25) is 0 Å². The van der Waals surface area contributed by atoms with Gasteiger partial charge in [-0.2, -0.15) is 0 Å². The first-order valence-corrected chi connectivity index (χ1v) is 14.1. The smallest absolute Gasteiger partial charge is 0.225 e. The van der Waals surface area contributed by atoms with Gasteiger partial charge in [-0.1, -0.05) is 13.3 Å². The van der Waals surface area contributed by atoms with Crippen molar-refractivity contribution in [3.05, 3.63) is 0 Å². The minimum Gasteiger partial charge on any atom is -0.410 e. The van der Waals surface area contributed by atoms with Crippen LogP contribution in [-0.2, 0) is 4.43 Å². The Kier molecular flexibility index (Phi) is 5.38. The highest BCUT2D eigenvalue weighted by molar-refractivity contribution is 7.33. The minimum absolute atomic E-state index is 0.339. The fraction of sp³-hybridized carbons (Fsp3) is 1.00. The molecule has 1 heterocycles. The Labute approximate surface area is 75.1 Å². The van der Waals surface area contributed by atoms with Gasteiger partial charge in [0.2, 0.25) is 8.72 Å². The van der Waals surface area contributed by atoms with E-state index in [9.17, 15) is 0 Å². The van der Waals surface area contributed by atoms with E-state index in [1.54, 1.807) is 0 Å². The van der Waals surface area contributed by atoms with Crippen molar-refractivity contribution in [1.29, 1.82) is 0 Å². The first-order valence-electron chi connectivity index (χ1n) is 4.78. The average molecular weight is 205 g/mol. The molecule has 1 atom stereocenters. The zero-order chi connectivity index (χ0) is 7.94. The maximum Gasteiger partial charge on any atom is 0.225 e. The van der Waals surface area contributed by atoms with Crippen LogP contribution >= 0.6 is 0 Å². The molecule has 1 N–H and O–H groups in total. The molecule has 1 saturated heterocycles. The van der Waals surface area contributed by atoms with Crippen LogP contribution in [0.3, 0.4) is 0 Å². The predicted octanol–water partition coefficient (Wildman–Crippen LogP) is -1.21. The molecule has 0 aliphatic carbocycles. The summed E-state index contributed by atoms with van der Waals surface area (Å²) in [6.07, 6.45) is 2.65. The van der Waals surface area contributed by atoms with Gasteiger partial charge >= 0.3 is 0 Å². The van der Waals surface area contributed by atoms with Crippen molar-refractivity contribution >= 4 is 26.3 Å². The van der Waals surface area contributed by atoms with Crippen LogP contribution in [0.4, 0.5) is 0 Å². The van der Waals surface area contributed by atoms with Crippen molar-refractivity contribution in [3.63, 3.8) is 0 Å². The van der Waals surface area contributed by atoms with E-state index in [-0.39, 0.29) is 0 Å². The molecule has 0 amide bonds. The first kappa shape index (κ1) is 9.66. The molecule has 1 unspecified atom stereocenters. The van der Waals surface area contributed by atoms with Crippen molar-refractivity contribution in [2.75, 3.05) is 13.2 Å². The highest BCUT2D eigenvalue weighted by Crippen LogP contribution is 1.93. The van der Waals surface area contributed by atoms with E-state index in [4.69, 9.17) is 4.43 Å². The van der Waals surface area contributed by atoms with E-state index in [1.165, 1.54) is 25.4 Å². The molecule has 1 rings (SSSR count). The lowest BCUT2D eigenvalue weighted by atomic mass is 10.3. The van der Waals surface area contributed by atoms with Crippen molar-refractivity contribution in [2.45, 2.75) is 25.8 Å². The fourth-order valence-corrected chi connectivity index (χ4v) is 18.3. The normalized spacial score (nSPS) is 29.7. The summed E-state index contributed by atoms with van der Waals surface area (Å²) in [6, 6.07) is 1.48. The summed E-state index contributed by atoms with van der Waals surface area (Å²) in [4.78, 5) is 3.64. The summed E-state index contributed by atoms with van der Waals surface area (Å²) < 4.78 is 5.75. The Balaban J connectivity index is 1.96. The third kappa shape index (κ3) is 4.22. The lowest BCUT2D eigenvalue weighted by Crippen LogP contribution is -2.48. The molecule has 5 heteroatoms. The van der Waals surface area contributed by atoms with Gasteiger partial charge < -0.3 is 9.41 Å². The van der Waals surface area contributed by atoms with E-state index in [1.807, 2.05) is 0 Å². The third-order valence-electron chi connectivity index (χ3n) is 2.08. The topological polar surface area (TPSA) is 21.3 Å². The number of hydrogen-bond donors (Lipinski definition) is 1. The molecular weight excluding hydrogens is 186 g/mol. The molecule has 0 saturated carbocycles. The van der Waals surface area contributed by atoms with Gasteiger partial charge in [0, 0.05) is 15.6 Å². The summed E-state index contributed by atoms with van der Waals surface area (Å²) in [6.45, 7) is 4.58. The molecule has 0 aromatic rings. The van der Waals surface area contributed by atoms with Crippen LogP contribution in [0.2, 0.25) is 6.04 Å². The molecule has 66 valence electrons. The van der Waals surface area contributed by atoms with Gasteiger partial charge in [0.15, 0.2) is 0 Å². The fourth-order valence-electron chi connectivity index (χ4n) is 1.34. The van der Waals surface area contributed by atoms with E-state index >= 15 is 0 Å². The summed E-state index contributed by atoms with van der Waals surface area (Å²) in [7, 11) is 0.0717. The number of unbranched alkanes of at least 4 members (excludes halogenated alkanes) is 1. The van der Waals surface area contributed by atoms with Crippen LogP contribution in [0, 0.1) is 0 Å². The lowest BCUT2D eigenvalue weighted by Gasteiger charge is -2.21. The summed E-state index contributed by atoms with van der Waals surface area (Å²) in [5.74, 6) is 0. The second-order valence-electron chi connectivity index (χ2n) is 3.16. The van der Waals surface area contributed by atoms with Gasteiger partial charge in [-0.25, -0.2) is 0 Å². The van der Waals surface area contributed by atoms with E-state index in [0.717, 1.165) is 6.61 Å². The summed E-state index contributed by atoms with van der Waals surface area (Å²) >= 11 is 0. The Morgan fingerprint density at radius 2 is 2.55 bits per heavy atom. The van der Waals surface area contributed by atoms with Crippen LogP contribution in [-0.4, -0.2) is 39.5 Å². The van der Waals surface area contributed by atoms with E-state index in [0.29, 0.717) is 17.6 Å². The highest BCUT2D eigenvalue weighted by Gasteiger charge is 2.15. The molecule has 11 heavy (non-hydrogen) atoms. The van der Waals surface area contributed by atoms with Gasteiger partial charge in [0.25, 0.3) is 0 Å². The van der Waals surface area contributed by atoms with Crippen LogP contribution in [0.5, 0.6) is 0 Å². The van der Waals surface area contributed by atoms with Gasteiger partial charge in [-0.15, -0.1) is 0 Å². The van der Waals surface area contributed by atoms with E-state index in [2.05, 4.69) is 11.9 Å². The zero-order valence-corrected chi connectivity index (χ0v) is 11.4. The van der Waals surface area contributed by atoms with Gasteiger partial charge in [0.05, 0.1) is 8.55 Å². The van der Waals surface area contributed by atoms with Gasteiger partial charge in [-0.05, 0) is 19.0 Å². The number of hydrogen-bond acceptors (Lipinski definition) is 2. The molecule has 0 aromatic carbocycles. The lowest BCUT2D eigenvalue weighted by molar-refractivity contribution is 0.343. The van der Waals surface area contributed by atoms with Crippen molar-refractivity contribution in [3.8, 4) is 0 Å². The molecule has 0 aromatic heterocycles. The Hall–Kier alpha value is 0.571. The molecule has 0 spiro atoms. The largest absolute Gasteiger partial charge is 0.410 e. The van der Waals surface area contributed by atoms with Gasteiger partial charge in [0.1, 0.15) is 0 Å². The second kappa shape index (κ2) is 6.13. The van der Waals surface area contributed by atoms with Crippen molar-refractivity contribution in [2.24, 2.45) is 0 Å². The third-order valence-corrected chi connectivity index (χ3v) is 19.5. The Bertz CT molecular complexity index is 97.8. The Morgan fingerprint density at radius 1 is 1.64 bits per heavy atom. The second-order valence-corrected chi connectivity index (χ2v) is 18.1. The molecule has 1 aliphatic rings. The van der Waals surface area contributed by atoms with Crippen LogP contribution < -0.4 is 4.98 Å². The monoisotopic (exact) mass is 205 g/mol. The molecule has 0 bridgehead atoms. The van der Waals surface area contributed by atoms with E-state index < -0.39 is 8.72 Å². The number of rotatable bonds is 4. The molecule has 2 nitrogen and oxygen atoms in total. The molecular formula is C6H19NOSi3.